The lowest BCUT2D eigenvalue weighted by molar-refractivity contribution is -0.153. The second-order valence-electron chi connectivity index (χ2n) is 4.92. The molecule has 0 saturated carbocycles. The van der Waals surface area contributed by atoms with Crippen LogP contribution in [0.25, 0.3) is 0 Å². The summed E-state index contributed by atoms with van der Waals surface area (Å²) in [6.07, 6.45) is 3.81. The molecule has 0 bridgehead atoms. The van der Waals surface area contributed by atoms with Gasteiger partial charge in [-0.2, -0.15) is 5.26 Å². The Kier molecular flexibility index (Phi) is 4.95. The summed E-state index contributed by atoms with van der Waals surface area (Å²) < 4.78 is 0. The molecule has 1 fully saturated rings. The normalized spacial score (nSPS) is 21.7. The van der Waals surface area contributed by atoms with Gasteiger partial charge in [-0.05, 0) is 25.7 Å². The van der Waals surface area contributed by atoms with Gasteiger partial charge in [-0.25, -0.2) is 0 Å². The summed E-state index contributed by atoms with van der Waals surface area (Å²) in [5.41, 5.74) is -0.543. The summed E-state index contributed by atoms with van der Waals surface area (Å²) in [5.74, 6) is -0.663. The van der Waals surface area contributed by atoms with Gasteiger partial charge in [-0.3, -0.25) is 9.69 Å². The van der Waals surface area contributed by atoms with Crippen molar-refractivity contribution in [1.82, 2.24) is 4.90 Å². The third kappa shape index (κ3) is 2.98. The number of aliphatic carboxylic acids is 1. The van der Waals surface area contributed by atoms with Crippen molar-refractivity contribution in [2.45, 2.75) is 52.0 Å². The summed E-state index contributed by atoms with van der Waals surface area (Å²) in [7, 11) is 0. The van der Waals surface area contributed by atoms with Gasteiger partial charge in [0.2, 0.25) is 0 Å². The van der Waals surface area contributed by atoms with Crippen molar-refractivity contribution in [2.24, 2.45) is 5.41 Å². The monoisotopic (exact) mass is 238 g/mol. The molecule has 4 nitrogen and oxygen atoms in total. The van der Waals surface area contributed by atoms with E-state index < -0.39 is 11.4 Å². The first-order valence-corrected chi connectivity index (χ1v) is 6.46. The minimum absolute atomic E-state index is 0.0524. The lowest BCUT2D eigenvalue weighted by Gasteiger charge is -2.40. The van der Waals surface area contributed by atoms with E-state index in [1.807, 2.05) is 13.8 Å². The molecule has 1 N–H and O–H groups in total. The minimum atomic E-state index is -0.663. The van der Waals surface area contributed by atoms with E-state index in [2.05, 4.69) is 11.0 Å². The molecule has 1 rings (SSSR count). The van der Waals surface area contributed by atoms with E-state index in [1.54, 1.807) is 0 Å². The molecule has 0 radical (unpaired) electrons. The van der Waals surface area contributed by atoms with Crippen molar-refractivity contribution in [3.05, 3.63) is 0 Å². The lowest BCUT2D eigenvalue weighted by Crippen LogP contribution is -2.47. The highest BCUT2D eigenvalue weighted by Crippen LogP contribution is 2.37. The molecule has 96 valence electrons. The molecule has 1 unspecified atom stereocenters. The van der Waals surface area contributed by atoms with Gasteiger partial charge in [-0.1, -0.05) is 20.3 Å². The molecular weight excluding hydrogens is 216 g/mol. The summed E-state index contributed by atoms with van der Waals surface area (Å²) in [6, 6.07) is 2.24. The topological polar surface area (TPSA) is 64.3 Å². The van der Waals surface area contributed by atoms with Crippen molar-refractivity contribution >= 4 is 5.97 Å². The van der Waals surface area contributed by atoms with E-state index in [9.17, 15) is 9.90 Å². The molecular formula is C13H22N2O2. The maximum Gasteiger partial charge on any atom is 0.309 e. The number of hydrogen-bond acceptors (Lipinski definition) is 3. The van der Waals surface area contributed by atoms with Gasteiger partial charge in [0.25, 0.3) is 0 Å². The SMILES string of the molecule is CCCC1(C(=O)O)CCN(C(C#N)CC)CC1. The average molecular weight is 238 g/mol. The molecule has 1 aliphatic heterocycles. The Labute approximate surface area is 103 Å². The highest BCUT2D eigenvalue weighted by molar-refractivity contribution is 5.74. The van der Waals surface area contributed by atoms with Crippen LogP contribution in [0, 0.1) is 16.7 Å². The van der Waals surface area contributed by atoms with Gasteiger partial charge in [0.05, 0.1) is 17.5 Å². The number of likely N-dealkylation sites (tertiary alicyclic amines) is 1. The standard InChI is InChI=1S/C13H22N2O2/c1-3-5-13(12(16)17)6-8-15(9-7-13)11(4-2)10-14/h11H,3-9H2,1-2H3,(H,16,17). The van der Waals surface area contributed by atoms with Crippen molar-refractivity contribution in [3.8, 4) is 6.07 Å². The second-order valence-corrected chi connectivity index (χ2v) is 4.92. The number of nitrogens with zero attached hydrogens (tertiary/aromatic N) is 2. The van der Waals surface area contributed by atoms with Gasteiger partial charge in [0, 0.05) is 13.1 Å². The summed E-state index contributed by atoms with van der Waals surface area (Å²) in [4.78, 5) is 13.5. The van der Waals surface area contributed by atoms with Gasteiger partial charge < -0.3 is 5.11 Å². The Bertz CT molecular complexity index is 301. The van der Waals surface area contributed by atoms with Gasteiger partial charge in [0.15, 0.2) is 0 Å². The van der Waals surface area contributed by atoms with E-state index in [4.69, 9.17) is 5.26 Å². The molecule has 4 heteroatoms. The molecule has 0 spiro atoms. The molecule has 1 heterocycles. The van der Waals surface area contributed by atoms with E-state index in [1.165, 1.54) is 0 Å². The third-order valence-corrected chi connectivity index (χ3v) is 3.91. The Morgan fingerprint density at radius 3 is 2.41 bits per heavy atom. The number of nitriles is 1. The van der Waals surface area contributed by atoms with Crippen LogP contribution in [0.5, 0.6) is 0 Å². The predicted octanol–water partition coefficient (Wildman–Crippen LogP) is 2.26. The van der Waals surface area contributed by atoms with Crippen molar-refractivity contribution < 1.29 is 9.90 Å². The zero-order chi connectivity index (χ0) is 12.9. The maximum atomic E-state index is 11.4. The minimum Gasteiger partial charge on any atom is -0.481 e. The Morgan fingerprint density at radius 2 is 2.06 bits per heavy atom. The summed E-state index contributed by atoms with van der Waals surface area (Å²) >= 11 is 0. The zero-order valence-electron chi connectivity index (χ0n) is 10.8. The zero-order valence-corrected chi connectivity index (χ0v) is 10.8. The van der Waals surface area contributed by atoms with E-state index in [-0.39, 0.29) is 6.04 Å². The number of carboxylic acids is 1. The molecule has 17 heavy (non-hydrogen) atoms. The van der Waals surface area contributed by atoms with Crippen molar-refractivity contribution in [3.63, 3.8) is 0 Å². The van der Waals surface area contributed by atoms with Crippen molar-refractivity contribution in [1.29, 1.82) is 5.26 Å². The number of rotatable bonds is 5. The van der Waals surface area contributed by atoms with E-state index in [0.717, 1.165) is 32.4 Å². The van der Waals surface area contributed by atoms with Crippen LogP contribution in [0.2, 0.25) is 0 Å². The first-order chi connectivity index (χ1) is 8.09. The van der Waals surface area contributed by atoms with Gasteiger partial charge in [-0.15, -0.1) is 0 Å². The van der Waals surface area contributed by atoms with Crippen LogP contribution in [-0.4, -0.2) is 35.1 Å². The van der Waals surface area contributed by atoms with Gasteiger partial charge >= 0.3 is 5.97 Å². The van der Waals surface area contributed by atoms with Gasteiger partial charge in [0.1, 0.15) is 0 Å². The fourth-order valence-electron chi connectivity index (χ4n) is 2.74. The number of piperidine rings is 1. The Balaban J connectivity index is 2.65. The van der Waals surface area contributed by atoms with Crippen molar-refractivity contribution in [2.75, 3.05) is 13.1 Å². The number of carboxylic acid groups (broad SMARTS) is 1. The molecule has 1 atom stereocenters. The summed E-state index contributed by atoms with van der Waals surface area (Å²) in [6.45, 7) is 5.50. The lowest BCUT2D eigenvalue weighted by atomic mass is 9.74. The number of carbonyl (C=O) groups is 1. The molecule has 0 aromatic rings. The van der Waals surface area contributed by atoms with Crippen LogP contribution >= 0.6 is 0 Å². The molecule has 1 aliphatic rings. The van der Waals surface area contributed by atoms with Crippen LogP contribution in [0.3, 0.4) is 0 Å². The molecule has 0 aromatic carbocycles. The van der Waals surface area contributed by atoms with Crippen LogP contribution < -0.4 is 0 Å². The fraction of sp³-hybridized carbons (Fsp3) is 0.846. The fourth-order valence-corrected chi connectivity index (χ4v) is 2.74. The summed E-state index contributed by atoms with van der Waals surface area (Å²) in [5, 5.41) is 18.4. The Hall–Kier alpha value is -1.08. The molecule has 1 saturated heterocycles. The number of hydrogen-bond donors (Lipinski definition) is 1. The molecule has 0 aliphatic carbocycles. The first-order valence-electron chi connectivity index (χ1n) is 6.46. The third-order valence-electron chi connectivity index (χ3n) is 3.91. The smallest absolute Gasteiger partial charge is 0.309 e. The maximum absolute atomic E-state index is 11.4. The largest absolute Gasteiger partial charge is 0.481 e. The highest BCUT2D eigenvalue weighted by Gasteiger charge is 2.41. The Morgan fingerprint density at radius 1 is 1.47 bits per heavy atom. The second kappa shape index (κ2) is 6.02. The van der Waals surface area contributed by atoms with Crippen LogP contribution in [0.4, 0.5) is 0 Å². The average Bonchev–Trinajstić information content (AvgIpc) is 2.33. The first kappa shape index (κ1) is 14.0. The quantitative estimate of drug-likeness (QED) is 0.798. The van der Waals surface area contributed by atoms with Crippen LogP contribution in [0.15, 0.2) is 0 Å². The predicted molar refractivity (Wildman–Crippen MR) is 65.5 cm³/mol. The van der Waals surface area contributed by atoms with E-state index >= 15 is 0 Å². The van der Waals surface area contributed by atoms with E-state index in [0.29, 0.717) is 12.8 Å². The molecule has 0 amide bonds. The highest BCUT2D eigenvalue weighted by atomic mass is 16.4. The van der Waals surface area contributed by atoms with Crippen LogP contribution in [0.1, 0.15) is 46.0 Å². The molecule has 0 aromatic heterocycles. The van der Waals surface area contributed by atoms with Crippen LogP contribution in [-0.2, 0) is 4.79 Å².